The van der Waals surface area contributed by atoms with Crippen LogP contribution in [0.3, 0.4) is 0 Å². The molecule has 1 aromatic heterocycles. The molecule has 1 saturated carbocycles. The Labute approximate surface area is 105 Å². The third-order valence-electron chi connectivity index (χ3n) is 4.17. The fourth-order valence-electron chi connectivity index (χ4n) is 2.90. The molecule has 3 rings (SSSR count). The van der Waals surface area contributed by atoms with E-state index in [9.17, 15) is 5.11 Å². The second-order valence-electron chi connectivity index (χ2n) is 5.22. The molecular weight excluding hydrogens is 234 g/mol. The first-order chi connectivity index (χ1) is 8.17. The number of hydrogen-bond acceptors (Lipinski definition) is 5. The van der Waals surface area contributed by atoms with E-state index in [-0.39, 0.29) is 0 Å². The van der Waals surface area contributed by atoms with Gasteiger partial charge < -0.3 is 15.7 Å². The number of nitrogens with zero attached hydrogens (tertiary/aromatic N) is 2. The van der Waals surface area contributed by atoms with Crippen molar-refractivity contribution in [3.63, 3.8) is 0 Å². The molecule has 0 spiro atoms. The number of rotatable bonds is 2. The van der Waals surface area contributed by atoms with Crippen molar-refractivity contribution in [3.8, 4) is 0 Å². The van der Waals surface area contributed by atoms with Crippen molar-refractivity contribution in [2.24, 2.45) is 0 Å². The number of nitrogens with two attached hydrogens (primary N) is 1. The van der Waals surface area contributed by atoms with Gasteiger partial charge in [-0.1, -0.05) is 11.3 Å². The zero-order valence-corrected chi connectivity index (χ0v) is 10.7. The molecule has 94 valence electrons. The minimum absolute atomic E-state index is 0.554. The zero-order valence-electron chi connectivity index (χ0n) is 9.93. The first kappa shape index (κ1) is 11.4. The van der Waals surface area contributed by atoms with E-state index in [2.05, 4.69) is 9.88 Å². The first-order valence-corrected chi connectivity index (χ1v) is 7.17. The highest BCUT2D eigenvalue weighted by atomic mass is 32.1. The maximum absolute atomic E-state index is 10.6. The molecule has 5 heteroatoms. The Bertz CT molecular complexity index is 394. The third kappa shape index (κ3) is 2.07. The maximum Gasteiger partial charge on any atom is 0.180 e. The Balaban J connectivity index is 1.66. The largest absolute Gasteiger partial charge is 0.384 e. The van der Waals surface area contributed by atoms with E-state index in [4.69, 9.17) is 5.73 Å². The van der Waals surface area contributed by atoms with Crippen molar-refractivity contribution < 1.29 is 5.11 Å². The molecule has 0 atom stereocenters. The maximum atomic E-state index is 10.6. The van der Waals surface area contributed by atoms with Gasteiger partial charge in [0, 0.05) is 12.2 Å². The number of aliphatic hydroxyl groups is 1. The van der Waals surface area contributed by atoms with Crippen LogP contribution >= 0.6 is 11.3 Å². The molecule has 2 heterocycles. The van der Waals surface area contributed by atoms with Gasteiger partial charge in [0.15, 0.2) is 5.13 Å². The van der Waals surface area contributed by atoms with E-state index in [1.165, 1.54) is 30.8 Å². The highest BCUT2D eigenvalue weighted by molar-refractivity contribution is 7.15. The van der Waals surface area contributed by atoms with E-state index in [0.717, 1.165) is 30.6 Å². The summed E-state index contributed by atoms with van der Waals surface area (Å²) in [5, 5.41) is 11.2. The molecule has 2 aliphatic rings. The molecule has 0 radical (unpaired) electrons. The number of hydrogen-bond donors (Lipinski definition) is 2. The lowest BCUT2D eigenvalue weighted by molar-refractivity contribution is -0.0320. The van der Waals surface area contributed by atoms with Gasteiger partial charge in [0.05, 0.1) is 4.88 Å². The predicted octanol–water partition coefficient (Wildman–Crippen LogP) is 1.56. The van der Waals surface area contributed by atoms with Gasteiger partial charge in [-0.2, -0.15) is 0 Å². The Morgan fingerprint density at radius 2 is 2.12 bits per heavy atom. The molecule has 0 bridgehead atoms. The zero-order chi connectivity index (χ0) is 11.9. The summed E-state index contributed by atoms with van der Waals surface area (Å²) in [5.74, 6) is 0. The van der Waals surface area contributed by atoms with E-state index in [1.807, 2.05) is 0 Å². The van der Waals surface area contributed by atoms with Crippen LogP contribution in [0, 0.1) is 0 Å². The summed E-state index contributed by atoms with van der Waals surface area (Å²) in [7, 11) is 0. The summed E-state index contributed by atoms with van der Waals surface area (Å²) in [4.78, 5) is 7.53. The molecule has 2 fully saturated rings. The third-order valence-corrected chi connectivity index (χ3v) is 5.19. The van der Waals surface area contributed by atoms with Crippen LogP contribution in [0.25, 0.3) is 0 Å². The van der Waals surface area contributed by atoms with Crippen LogP contribution in [0.1, 0.15) is 37.0 Å². The van der Waals surface area contributed by atoms with Crippen molar-refractivity contribution >= 4 is 16.5 Å². The highest BCUT2D eigenvalue weighted by Gasteiger charge is 2.38. The quantitative estimate of drug-likeness (QED) is 0.839. The average molecular weight is 253 g/mol. The Hall–Kier alpha value is -0.650. The van der Waals surface area contributed by atoms with Gasteiger partial charge in [-0.15, -0.1) is 0 Å². The van der Waals surface area contributed by atoms with Crippen LogP contribution in [0.15, 0.2) is 6.20 Å². The Morgan fingerprint density at radius 1 is 1.41 bits per heavy atom. The lowest BCUT2D eigenvalue weighted by Gasteiger charge is -2.44. The Morgan fingerprint density at radius 3 is 2.59 bits per heavy atom. The fraction of sp³-hybridized carbons (Fsp3) is 0.750. The van der Waals surface area contributed by atoms with E-state index < -0.39 is 5.60 Å². The van der Waals surface area contributed by atoms with Gasteiger partial charge in [-0.25, -0.2) is 4.98 Å². The SMILES string of the molecule is Nc1ncc(C2(O)CCC(N3CCC3)CC2)s1. The number of anilines is 1. The summed E-state index contributed by atoms with van der Waals surface area (Å²) >= 11 is 1.43. The lowest BCUT2D eigenvalue weighted by Crippen LogP contribution is -2.48. The molecule has 17 heavy (non-hydrogen) atoms. The normalized spacial score (nSPS) is 34.5. The lowest BCUT2D eigenvalue weighted by atomic mass is 9.80. The van der Waals surface area contributed by atoms with Gasteiger partial charge in [-0.05, 0) is 45.2 Å². The molecule has 1 aliphatic heterocycles. The minimum atomic E-state index is -0.670. The molecule has 3 N–H and O–H groups in total. The average Bonchev–Trinajstić information content (AvgIpc) is 2.67. The smallest absolute Gasteiger partial charge is 0.180 e. The molecular formula is C12H19N3OS. The van der Waals surface area contributed by atoms with Crippen LogP contribution in [-0.2, 0) is 5.60 Å². The van der Waals surface area contributed by atoms with Gasteiger partial charge in [-0.3, -0.25) is 0 Å². The summed E-state index contributed by atoms with van der Waals surface area (Å²) in [6.07, 6.45) is 6.95. The minimum Gasteiger partial charge on any atom is -0.384 e. The first-order valence-electron chi connectivity index (χ1n) is 6.36. The van der Waals surface area contributed by atoms with Crippen LogP contribution < -0.4 is 5.73 Å². The number of aromatic nitrogens is 1. The predicted molar refractivity (Wildman–Crippen MR) is 68.9 cm³/mol. The van der Waals surface area contributed by atoms with Gasteiger partial charge in [0.1, 0.15) is 5.60 Å². The highest BCUT2D eigenvalue weighted by Crippen LogP contribution is 2.41. The van der Waals surface area contributed by atoms with Crippen LogP contribution in [0.2, 0.25) is 0 Å². The van der Waals surface area contributed by atoms with Crippen LogP contribution in [-0.4, -0.2) is 34.1 Å². The van der Waals surface area contributed by atoms with Crippen LogP contribution in [0.5, 0.6) is 0 Å². The summed E-state index contributed by atoms with van der Waals surface area (Å²) in [5.41, 5.74) is 4.97. The molecule has 1 saturated heterocycles. The van der Waals surface area contributed by atoms with Crippen molar-refractivity contribution in [1.82, 2.24) is 9.88 Å². The summed E-state index contributed by atoms with van der Waals surface area (Å²) in [6, 6.07) is 0.689. The Kier molecular flexibility index (Phi) is 2.84. The van der Waals surface area contributed by atoms with Crippen molar-refractivity contribution in [2.75, 3.05) is 18.8 Å². The van der Waals surface area contributed by atoms with Crippen LogP contribution in [0.4, 0.5) is 5.13 Å². The van der Waals surface area contributed by atoms with Crippen molar-refractivity contribution in [1.29, 1.82) is 0 Å². The van der Waals surface area contributed by atoms with Gasteiger partial charge in [0.25, 0.3) is 0 Å². The molecule has 0 amide bonds. The summed E-state index contributed by atoms with van der Waals surface area (Å²) < 4.78 is 0. The monoisotopic (exact) mass is 253 g/mol. The summed E-state index contributed by atoms with van der Waals surface area (Å²) in [6.45, 7) is 2.49. The van der Waals surface area contributed by atoms with Gasteiger partial charge >= 0.3 is 0 Å². The molecule has 1 aromatic rings. The van der Waals surface area contributed by atoms with E-state index in [0.29, 0.717) is 11.2 Å². The molecule has 4 nitrogen and oxygen atoms in total. The topological polar surface area (TPSA) is 62.4 Å². The number of nitrogen functional groups attached to an aromatic ring is 1. The fourth-order valence-corrected chi connectivity index (χ4v) is 3.73. The second kappa shape index (κ2) is 4.23. The number of likely N-dealkylation sites (tertiary alicyclic amines) is 1. The molecule has 0 aromatic carbocycles. The van der Waals surface area contributed by atoms with Crippen molar-refractivity contribution in [2.45, 2.75) is 43.7 Å². The van der Waals surface area contributed by atoms with Crippen molar-refractivity contribution in [3.05, 3.63) is 11.1 Å². The second-order valence-corrected chi connectivity index (χ2v) is 6.28. The van der Waals surface area contributed by atoms with E-state index >= 15 is 0 Å². The standard InChI is InChI=1S/C12H19N3OS/c13-11-14-8-10(17-11)12(16)4-2-9(3-5-12)15-6-1-7-15/h8-9,16H,1-7H2,(H2,13,14). The van der Waals surface area contributed by atoms with E-state index in [1.54, 1.807) is 6.20 Å². The van der Waals surface area contributed by atoms with Gasteiger partial charge in [0.2, 0.25) is 0 Å². The molecule has 1 aliphatic carbocycles. The molecule has 0 unspecified atom stereocenters. The number of thiazole rings is 1.